The first-order valence-corrected chi connectivity index (χ1v) is 17.4. The van der Waals surface area contributed by atoms with Gasteiger partial charge in [-0.05, 0) is 78.9 Å². The number of nitrogens with zero attached hydrogens (tertiary/aromatic N) is 6. The number of carbonyl (C=O) groups excluding carboxylic acids is 3. The number of hydrogen-bond donors (Lipinski definition) is 7. The number of nitrogens with two attached hydrogens (primary N) is 1. The number of benzene rings is 2. The van der Waals surface area contributed by atoms with Crippen molar-refractivity contribution in [3.05, 3.63) is 92.4 Å². The molecule has 4 atom stereocenters. The molecule has 0 fully saturated rings. The minimum atomic E-state index is -1.37. The molecule has 53 heavy (non-hydrogen) atoms. The van der Waals surface area contributed by atoms with Gasteiger partial charge in [0.1, 0.15) is 6.20 Å². The molecular formula is C32H40Br2N8O11. The average molecular weight is 873 g/mol. The molecule has 2 heterocycles. The maximum atomic E-state index is 12.2. The first-order chi connectivity index (χ1) is 25.1. The quantitative estimate of drug-likeness (QED) is 0.0662. The molecular weight excluding hydrogens is 832 g/mol. The van der Waals surface area contributed by atoms with Crippen LogP contribution in [0.15, 0.2) is 69.9 Å². The molecule has 2 aromatic carbocycles. The first kappa shape index (κ1) is 44.2. The monoisotopic (exact) mass is 870 g/mol. The molecule has 288 valence electrons. The molecule has 2 aromatic heterocycles. The number of rotatable bonds is 15. The summed E-state index contributed by atoms with van der Waals surface area (Å²) < 4.78 is 11.4. The van der Waals surface area contributed by atoms with Gasteiger partial charge < -0.3 is 46.3 Å². The second-order valence-electron chi connectivity index (χ2n) is 11.0. The topological polar surface area (TPSA) is 287 Å². The highest BCUT2D eigenvalue weighted by Crippen LogP contribution is 2.15. The third kappa shape index (κ3) is 16.9. The maximum absolute atomic E-state index is 12.2. The number of aromatic carboxylic acids is 1. The Kier molecular flexibility index (Phi) is 19.1. The molecule has 19 nitrogen and oxygen atoms in total. The zero-order valence-electron chi connectivity index (χ0n) is 28.5. The van der Waals surface area contributed by atoms with E-state index >= 15 is 0 Å². The van der Waals surface area contributed by atoms with Crippen molar-refractivity contribution in [2.24, 2.45) is 5.73 Å². The van der Waals surface area contributed by atoms with Crippen molar-refractivity contribution in [1.82, 2.24) is 35.6 Å². The van der Waals surface area contributed by atoms with Gasteiger partial charge in [-0.2, -0.15) is 0 Å². The van der Waals surface area contributed by atoms with Crippen LogP contribution in [0.1, 0.15) is 58.8 Å². The van der Waals surface area contributed by atoms with Crippen LogP contribution in [0.5, 0.6) is 0 Å². The van der Waals surface area contributed by atoms with E-state index in [0.29, 0.717) is 22.5 Å². The highest BCUT2D eigenvalue weighted by Gasteiger charge is 2.25. The first-order valence-electron chi connectivity index (χ1n) is 15.8. The number of aliphatic hydroxyl groups is 2. The molecule has 4 aromatic rings. The predicted molar refractivity (Wildman–Crippen MR) is 191 cm³/mol. The molecule has 0 unspecified atom stereocenters. The summed E-state index contributed by atoms with van der Waals surface area (Å²) in [5.41, 5.74) is 7.51. The smallest absolute Gasteiger partial charge is 0.358 e. The minimum Gasteiger partial charge on any atom is -0.476 e. The van der Waals surface area contributed by atoms with E-state index in [0.717, 1.165) is 32.5 Å². The third-order valence-electron chi connectivity index (χ3n) is 6.71. The standard InChI is InChI=1S/C16H19BrN4O5.C13H18BrNO3.C3H3N3O3/c1-2-26-16(24)14(22)8-12(7-10-3-5-11(17)6-4-10)18-15(23)13-9-21(25)20-19-13;1-2-18-13(17)12(16)8-11(15)7-9-3-5-10(14)6-4-9;7-3(8)2-1-6(9)5-4-2/h3-6,9,12,14,22,25H,2,7-8H2,1H3,(H,18,23);3-6,11-12,16H,2,7-8,15H2,1H3;1,9H,(H,7,8)/t12-,14-;11-,12-;/m11./s1. The van der Waals surface area contributed by atoms with E-state index < -0.39 is 42.1 Å². The molecule has 0 radical (unpaired) electrons. The summed E-state index contributed by atoms with van der Waals surface area (Å²) in [5, 5.41) is 60.8. The van der Waals surface area contributed by atoms with Gasteiger partial charge in [-0.3, -0.25) is 4.79 Å². The van der Waals surface area contributed by atoms with Gasteiger partial charge >= 0.3 is 17.9 Å². The third-order valence-corrected chi connectivity index (χ3v) is 7.77. The summed E-state index contributed by atoms with van der Waals surface area (Å²) in [5.74, 6) is -3.15. The predicted octanol–water partition coefficient (Wildman–Crippen LogP) is 1.78. The zero-order valence-corrected chi connectivity index (χ0v) is 31.7. The highest BCUT2D eigenvalue weighted by molar-refractivity contribution is 9.10. The van der Waals surface area contributed by atoms with Crippen LogP contribution in [0.25, 0.3) is 0 Å². The van der Waals surface area contributed by atoms with Gasteiger partial charge in [0.15, 0.2) is 23.6 Å². The summed E-state index contributed by atoms with van der Waals surface area (Å²) in [4.78, 5) is 45.9. The number of aromatic nitrogens is 6. The van der Waals surface area contributed by atoms with E-state index in [2.05, 4.69) is 57.8 Å². The number of carboxylic acid groups (broad SMARTS) is 1. The number of hydrogen-bond acceptors (Lipinski definition) is 15. The Morgan fingerprint density at radius 2 is 1.19 bits per heavy atom. The largest absolute Gasteiger partial charge is 0.476 e. The van der Waals surface area contributed by atoms with Crippen molar-refractivity contribution in [2.75, 3.05) is 13.2 Å². The van der Waals surface area contributed by atoms with Crippen molar-refractivity contribution in [2.45, 2.75) is 63.8 Å². The lowest BCUT2D eigenvalue weighted by Gasteiger charge is -2.21. The molecule has 0 aliphatic carbocycles. The van der Waals surface area contributed by atoms with E-state index in [1.807, 2.05) is 48.5 Å². The second kappa shape index (κ2) is 22.9. The fourth-order valence-corrected chi connectivity index (χ4v) is 4.83. The lowest BCUT2D eigenvalue weighted by atomic mass is 10.00. The van der Waals surface area contributed by atoms with Gasteiger partial charge in [-0.25, -0.2) is 14.4 Å². The summed E-state index contributed by atoms with van der Waals surface area (Å²) in [6, 6.07) is 14.4. The normalized spacial score (nSPS) is 12.7. The van der Waals surface area contributed by atoms with Crippen molar-refractivity contribution in [3.63, 3.8) is 0 Å². The molecule has 0 aliphatic rings. The maximum Gasteiger partial charge on any atom is 0.358 e. The Hall–Kier alpha value is -4.96. The number of carbonyl (C=O) groups is 4. The Morgan fingerprint density at radius 3 is 1.58 bits per heavy atom. The van der Waals surface area contributed by atoms with Gasteiger partial charge in [-0.1, -0.05) is 65.8 Å². The minimum absolute atomic E-state index is 0.0338. The second-order valence-corrected chi connectivity index (χ2v) is 12.8. The van der Waals surface area contributed by atoms with Gasteiger partial charge in [0.2, 0.25) is 0 Å². The molecule has 0 aliphatic heterocycles. The highest BCUT2D eigenvalue weighted by atomic mass is 79.9. The molecule has 4 rings (SSSR count). The van der Waals surface area contributed by atoms with Crippen molar-refractivity contribution < 1.29 is 54.4 Å². The van der Waals surface area contributed by atoms with Gasteiger partial charge in [0.05, 0.1) is 19.4 Å². The van der Waals surface area contributed by atoms with Crippen LogP contribution in [0.2, 0.25) is 0 Å². The molecule has 21 heteroatoms. The van der Waals surface area contributed by atoms with Crippen LogP contribution in [0.4, 0.5) is 0 Å². The Morgan fingerprint density at radius 1 is 0.755 bits per heavy atom. The molecule has 0 saturated carbocycles. The molecule has 1 amide bonds. The molecule has 8 N–H and O–H groups in total. The van der Waals surface area contributed by atoms with Crippen LogP contribution in [0, 0.1) is 0 Å². The fourth-order valence-electron chi connectivity index (χ4n) is 4.30. The average Bonchev–Trinajstić information content (AvgIpc) is 3.76. The number of nitrogens with one attached hydrogen (secondary N) is 1. The summed E-state index contributed by atoms with van der Waals surface area (Å²) in [6.07, 6.45) is 0.588. The van der Waals surface area contributed by atoms with Crippen LogP contribution in [-0.2, 0) is 31.9 Å². The van der Waals surface area contributed by atoms with E-state index in [1.165, 1.54) is 0 Å². The van der Waals surface area contributed by atoms with E-state index in [9.17, 15) is 29.4 Å². The molecule has 0 saturated heterocycles. The Bertz CT molecular complexity index is 1740. The molecule has 0 bridgehead atoms. The number of amides is 1. The number of aliphatic hydroxyl groups excluding tert-OH is 2. The summed E-state index contributed by atoms with van der Waals surface area (Å²) >= 11 is 6.71. The number of halogens is 2. The lowest BCUT2D eigenvalue weighted by molar-refractivity contribution is -0.154. The van der Waals surface area contributed by atoms with Crippen LogP contribution in [0.3, 0.4) is 0 Å². The van der Waals surface area contributed by atoms with Gasteiger partial charge in [0, 0.05) is 27.4 Å². The van der Waals surface area contributed by atoms with Crippen molar-refractivity contribution in [3.8, 4) is 0 Å². The van der Waals surface area contributed by atoms with Gasteiger partial charge in [-0.15, -0.1) is 10.2 Å². The van der Waals surface area contributed by atoms with Crippen LogP contribution < -0.4 is 11.1 Å². The zero-order chi connectivity index (χ0) is 39.5. The summed E-state index contributed by atoms with van der Waals surface area (Å²) in [7, 11) is 0. The van der Waals surface area contributed by atoms with Crippen molar-refractivity contribution in [1.29, 1.82) is 0 Å². The SMILES string of the molecule is CCOC(=O)[C@H](O)C[C@@H](Cc1ccc(Br)cc1)NC(=O)c1cn(O)nn1.CCOC(=O)[C@H](O)C[C@H](N)Cc1ccc(Br)cc1.O=C(O)c1cn(O)nn1. The lowest BCUT2D eigenvalue weighted by Crippen LogP contribution is -2.41. The number of esters is 2. The fraction of sp³-hybridized carbons (Fsp3) is 0.375. The van der Waals surface area contributed by atoms with Crippen LogP contribution >= 0.6 is 31.9 Å². The van der Waals surface area contributed by atoms with Gasteiger partial charge in [0.25, 0.3) is 5.91 Å². The number of ether oxygens (including phenoxy) is 2. The van der Waals surface area contributed by atoms with E-state index in [1.54, 1.807) is 13.8 Å². The Labute approximate surface area is 319 Å². The molecule has 0 spiro atoms. The number of carboxylic acids is 1. The van der Waals surface area contributed by atoms with E-state index in [4.69, 9.17) is 30.7 Å². The summed E-state index contributed by atoms with van der Waals surface area (Å²) in [6.45, 7) is 3.76. The van der Waals surface area contributed by atoms with Crippen LogP contribution in [-0.4, -0.2) is 117 Å². The Balaban J connectivity index is 0.000000309. The van der Waals surface area contributed by atoms with Crippen molar-refractivity contribution >= 4 is 55.7 Å². The van der Waals surface area contributed by atoms with E-state index in [-0.39, 0.29) is 43.5 Å².